The smallest absolute Gasteiger partial charge is 0.276 e. The Morgan fingerprint density at radius 2 is 2.11 bits per heavy atom. The predicted octanol–water partition coefficient (Wildman–Crippen LogP) is 2.55. The lowest BCUT2D eigenvalue weighted by Crippen LogP contribution is -2.27. The molecule has 1 aliphatic heterocycles. The maximum Gasteiger partial charge on any atom is 0.276 e. The molecule has 0 saturated heterocycles. The lowest BCUT2D eigenvalue weighted by Gasteiger charge is -2.22. The summed E-state index contributed by atoms with van der Waals surface area (Å²) < 4.78 is 5.30. The molecular formula is C20H19N5O2S. The first-order valence-corrected chi connectivity index (χ1v) is 9.72. The first-order valence-electron chi connectivity index (χ1n) is 8.78. The standard InChI is InChI=1S/C20H19N5O2S/c1-27-20-19(22-10-12-6-3-2-4-7-12)23-18(24-25-20)15-11-28-16-13(15)8-5-9-14(16)17(21)26/h2-9,11,13,16H,10H2,1H3,(H2,21,26)(H,22,23,24). The zero-order valence-corrected chi connectivity index (χ0v) is 16.0. The first-order chi connectivity index (χ1) is 13.7. The average Bonchev–Trinajstić information content (AvgIpc) is 3.17. The van der Waals surface area contributed by atoms with E-state index in [0.717, 1.165) is 11.1 Å². The molecule has 142 valence electrons. The summed E-state index contributed by atoms with van der Waals surface area (Å²) in [6.07, 6.45) is 5.66. The number of rotatable bonds is 6. The number of hydrogen-bond donors (Lipinski definition) is 2. The second-order valence-electron chi connectivity index (χ2n) is 6.36. The lowest BCUT2D eigenvalue weighted by molar-refractivity contribution is -0.114. The SMILES string of the molecule is COc1nnc(C2=CSC3C(C(N)=O)=CC=CC23)nc1NCc1ccccc1. The molecule has 1 aromatic heterocycles. The van der Waals surface area contributed by atoms with Gasteiger partial charge in [0.05, 0.1) is 7.11 Å². The van der Waals surface area contributed by atoms with Crippen LogP contribution in [0, 0.1) is 5.92 Å². The summed E-state index contributed by atoms with van der Waals surface area (Å²) in [7, 11) is 1.54. The number of anilines is 1. The molecule has 0 fully saturated rings. The maximum atomic E-state index is 11.7. The summed E-state index contributed by atoms with van der Waals surface area (Å²) in [4.78, 5) is 16.4. The van der Waals surface area contributed by atoms with Crippen molar-refractivity contribution in [3.8, 4) is 5.88 Å². The van der Waals surface area contributed by atoms with Crippen molar-refractivity contribution in [1.82, 2.24) is 15.2 Å². The molecule has 3 N–H and O–H groups in total. The first kappa shape index (κ1) is 18.2. The number of carbonyl (C=O) groups is 1. The lowest BCUT2D eigenvalue weighted by atomic mass is 9.88. The van der Waals surface area contributed by atoms with Crippen LogP contribution in [0.1, 0.15) is 11.4 Å². The molecular weight excluding hydrogens is 374 g/mol. The number of hydrogen-bond acceptors (Lipinski definition) is 7. The molecule has 2 unspecified atom stereocenters. The Labute approximate surface area is 166 Å². The molecule has 8 heteroatoms. The van der Waals surface area contributed by atoms with Crippen LogP contribution in [0.3, 0.4) is 0 Å². The molecule has 0 saturated carbocycles. The van der Waals surface area contributed by atoms with Crippen LogP contribution in [0.4, 0.5) is 5.82 Å². The number of thioether (sulfide) groups is 1. The third kappa shape index (κ3) is 3.50. The molecule has 2 aliphatic rings. The minimum Gasteiger partial charge on any atom is -0.477 e. The Hall–Kier alpha value is -3.13. The number of allylic oxidation sites excluding steroid dienone is 4. The van der Waals surface area contributed by atoms with Crippen molar-refractivity contribution in [3.05, 3.63) is 70.9 Å². The van der Waals surface area contributed by atoms with E-state index >= 15 is 0 Å². The van der Waals surface area contributed by atoms with Crippen LogP contribution in [-0.4, -0.2) is 33.4 Å². The molecule has 1 aromatic carbocycles. The fourth-order valence-corrected chi connectivity index (χ4v) is 4.52. The van der Waals surface area contributed by atoms with E-state index in [0.29, 0.717) is 29.6 Å². The number of nitrogens with two attached hydrogens (primary N) is 1. The van der Waals surface area contributed by atoms with Crippen LogP contribution in [-0.2, 0) is 11.3 Å². The third-order valence-corrected chi connectivity index (χ3v) is 5.85. The van der Waals surface area contributed by atoms with Crippen LogP contribution in [0.5, 0.6) is 5.88 Å². The second-order valence-corrected chi connectivity index (χ2v) is 7.38. The third-order valence-electron chi connectivity index (χ3n) is 4.62. The van der Waals surface area contributed by atoms with Gasteiger partial charge in [-0.1, -0.05) is 48.6 Å². The van der Waals surface area contributed by atoms with Gasteiger partial charge in [0.15, 0.2) is 11.6 Å². The maximum absolute atomic E-state index is 11.7. The van der Waals surface area contributed by atoms with Gasteiger partial charge in [-0.05, 0) is 11.0 Å². The number of methoxy groups -OCH3 is 1. The molecule has 1 aliphatic carbocycles. The van der Waals surface area contributed by atoms with Gasteiger partial charge < -0.3 is 15.8 Å². The molecule has 2 heterocycles. The van der Waals surface area contributed by atoms with Crippen molar-refractivity contribution in [1.29, 1.82) is 0 Å². The molecule has 0 bridgehead atoms. The van der Waals surface area contributed by atoms with Crippen LogP contribution in [0.15, 0.2) is 59.5 Å². The van der Waals surface area contributed by atoms with E-state index in [2.05, 4.69) is 20.5 Å². The molecule has 1 amide bonds. The fraction of sp³-hybridized carbons (Fsp3) is 0.200. The van der Waals surface area contributed by atoms with Gasteiger partial charge in [-0.2, -0.15) is 0 Å². The molecule has 7 nitrogen and oxygen atoms in total. The Balaban J connectivity index is 1.58. The quantitative estimate of drug-likeness (QED) is 0.777. The van der Waals surface area contributed by atoms with Crippen molar-refractivity contribution < 1.29 is 9.53 Å². The number of ether oxygens (including phenoxy) is 1. The van der Waals surface area contributed by atoms with Gasteiger partial charge in [0, 0.05) is 28.9 Å². The number of benzene rings is 1. The summed E-state index contributed by atoms with van der Waals surface area (Å²) in [5.74, 6) is 0.942. The average molecular weight is 393 g/mol. The van der Waals surface area contributed by atoms with Crippen LogP contribution >= 0.6 is 11.8 Å². The van der Waals surface area contributed by atoms with Gasteiger partial charge in [0.1, 0.15) is 0 Å². The van der Waals surface area contributed by atoms with Gasteiger partial charge in [0.25, 0.3) is 5.88 Å². The van der Waals surface area contributed by atoms with Crippen LogP contribution in [0.2, 0.25) is 0 Å². The van der Waals surface area contributed by atoms with Crippen LogP contribution < -0.4 is 15.8 Å². The Morgan fingerprint density at radius 3 is 2.86 bits per heavy atom. The van der Waals surface area contributed by atoms with Crippen molar-refractivity contribution in [2.75, 3.05) is 12.4 Å². The summed E-state index contributed by atoms with van der Waals surface area (Å²) >= 11 is 1.55. The zero-order valence-electron chi connectivity index (χ0n) is 15.2. The predicted molar refractivity (Wildman–Crippen MR) is 109 cm³/mol. The van der Waals surface area contributed by atoms with Gasteiger partial charge in [-0.3, -0.25) is 4.79 Å². The summed E-state index contributed by atoms with van der Waals surface area (Å²) in [6, 6.07) is 10.00. The highest BCUT2D eigenvalue weighted by molar-refractivity contribution is 8.03. The molecule has 0 spiro atoms. The van der Waals surface area contributed by atoms with Gasteiger partial charge in [-0.15, -0.1) is 22.0 Å². The number of nitrogens with zero attached hydrogens (tertiary/aromatic N) is 3. The fourth-order valence-electron chi connectivity index (χ4n) is 3.21. The normalized spacial score (nSPS) is 20.2. The minimum atomic E-state index is -0.402. The van der Waals surface area contributed by atoms with Gasteiger partial charge in [0.2, 0.25) is 5.91 Å². The molecule has 2 aromatic rings. The molecule has 2 atom stereocenters. The number of carbonyl (C=O) groups excluding carboxylic acids is 1. The van der Waals surface area contributed by atoms with E-state index in [1.54, 1.807) is 17.8 Å². The monoisotopic (exact) mass is 393 g/mol. The Bertz CT molecular complexity index is 987. The highest BCUT2D eigenvalue weighted by Crippen LogP contribution is 2.46. The highest BCUT2D eigenvalue weighted by Gasteiger charge is 2.37. The van der Waals surface area contributed by atoms with E-state index in [1.807, 2.05) is 47.9 Å². The summed E-state index contributed by atoms with van der Waals surface area (Å²) in [5.41, 5.74) is 8.15. The number of nitrogens with one attached hydrogen (secondary N) is 1. The zero-order chi connectivity index (χ0) is 19.5. The molecule has 0 radical (unpaired) electrons. The number of amides is 1. The summed E-state index contributed by atoms with van der Waals surface area (Å²) in [5, 5.41) is 13.6. The van der Waals surface area contributed by atoms with E-state index < -0.39 is 5.91 Å². The largest absolute Gasteiger partial charge is 0.477 e. The van der Waals surface area contributed by atoms with Crippen molar-refractivity contribution in [2.24, 2.45) is 11.7 Å². The highest BCUT2D eigenvalue weighted by atomic mass is 32.2. The second kappa shape index (κ2) is 7.85. The van der Waals surface area contributed by atoms with Crippen molar-refractivity contribution >= 4 is 29.1 Å². The van der Waals surface area contributed by atoms with E-state index in [4.69, 9.17) is 10.5 Å². The topological polar surface area (TPSA) is 103 Å². The minimum absolute atomic E-state index is 0.0188. The van der Waals surface area contributed by atoms with E-state index in [-0.39, 0.29) is 11.2 Å². The van der Waals surface area contributed by atoms with Crippen molar-refractivity contribution in [3.63, 3.8) is 0 Å². The van der Waals surface area contributed by atoms with E-state index in [1.165, 1.54) is 7.11 Å². The van der Waals surface area contributed by atoms with Gasteiger partial charge >= 0.3 is 0 Å². The summed E-state index contributed by atoms with van der Waals surface area (Å²) in [6.45, 7) is 0.587. The molecule has 4 rings (SSSR count). The molecule has 28 heavy (non-hydrogen) atoms. The number of fused-ring (bicyclic) bond motifs is 1. The van der Waals surface area contributed by atoms with Gasteiger partial charge in [-0.25, -0.2) is 4.98 Å². The van der Waals surface area contributed by atoms with Crippen LogP contribution in [0.25, 0.3) is 5.57 Å². The Morgan fingerprint density at radius 1 is 1.29 bits per heavy atom. The Kier molecular flexibility index (Phi) is 5.12. The number of aromatic nitrogens is 3. The van der Waals surface area contributed by atoms with Crippen molar-refractivity contribution in [2.45, 2.75) is 11.8 Å². The number of primary amides is 1. The van der Waals surface area contributed by atoms with E-state index in [9.17, 15) is 4.79 Å².